The van der Waals surface area contributed by atoms with E-state index in [-0.39, 0.29) is 0 Å². The van der Waals surface area contributed by atoms with Gasteiger partial charge in [0, 0.05) is 11.8 Å². The van der Waals surface area contributed by atoms with Crippen molar-refractivity contribution < 1.29 is 0 Å². The van der Waals surface area contributed by atoms with Gasteiger partial charge in [-0.3, -0.25) is 4.98 Å². The molecule has 0 fully saturated rings. The monoisotopic (exact) mass is 413 g/mol. The summed E-state index contributed by atoms with van der Waals surface area (Å²) in [5.41, 5.74) is 2.14. The van der Waals surface area contributed by atoms with E-state index in [0.29, 0.717) is 0 Å². The van der Waals surface area contributed by atoms with Gasteiger partial charge in [-0.25, -0.2) is 0 Å². The van der Waals surface area contributed by atoms with Gasteiger partial charge in [0.2, 0.25) is 0 Å². The molecule has 0 N–H and O–H groups in total. The Hall–Kier alpha value is -3.75. The lowest BCUT2D eigenvalue weighted by molar-refractivity contribution is 1.34. The van der Waals surface area contributed by atoms with Crippen LogP contribution in [0.1, 0.15) is 0 Å². The highest BCUT2D eigenvalue weighted by atomic mass is 28.3. The van der Waals surface area contributed by atoms with Gasteiger partial charge in [0.1, 0.15) is 0 Å². The van der Waals surface area contributed by atoms with Crippen molar-refractivity contribution in [1.82, 2.24) is 4.98 Å². The SMILES string of the molecule is c1ccc(-c2ccc([Si](c3ccccc3)(c3ccccc3)c3ccccc3)cn2)cc1. The molecule has 4 aromatic carbocycles. The fourth-order valence-electron chi connectivity index (χ4n) is 4.46. The maximum atomic E-state index is 4.93. The lowest BCUT2D eigenvalue weighted by Gasteiger charge is -2.34. The Kier molecular flexibility index (Phi) is 5.30. The van der Waals surface area contributed by atoms with Gasteiger partial charge in [-0.05, 0) is 26.8 Å². The average molecular weight is 414 g/mol. The summed E-state index contributed by atoms with van der Waals surface area (Å²) in [7, 11) is -2.49. The topological polar surface area (TPSA) is 12.9 Å². The Balaban J connectivity index is 1.78. The van der Waals surface area contributed by atoms with E-state index in [1.165, 1.54) is 20.7 Å². The molecule has 0 amide bonds. The first kappa shape index (κ1) is 19.2. The predicted molar refractivity (Wildman–Crippen MR) is 133 cm³/mol. The molecule has 0 spiro atoms. The minimum absolute atomic E-state index is 1.00. The summed E-state index contributed by atoms with van der Waals surface area (Å²) >= 11 is 0. The second kappa shape index (κ2) is 8.55. The van der Waals surface area contributed by atoms with Crippen LogP contribution in [0.3, 0.4) is 0 Å². The fourth-order valence-corrected chi connectivity index (χ4v) is 9.13. The fraction of sp³-hybridized carbons (Fsp3) is 0. The van der Waals surface area contributed by atoms with E-state index in [1.807, 2.05) is 6.07 Å². The number of nitrogens with zero attached hydrogens (tertiary/aromatic N) is 1. The van der Waals surface area contributed by atoms with Crippen molar-refractivity contribution in [2.24, 2.45) is 0 Å². The smallest absolute Gasteiger partial charge is 0.181 e. The Labute approximate surface area is 184 Å². The molecule has 0 aliphatic heterocycles. The highest BCUT2D eigenvalue weighted by Crippen LogP contribution is 2.16. The van der Waals surface area contributed by atoms with Crippen LogP contribution in [0.5, 0.6) is 0 Å². The lowest BCUT2D eigenvalue weighted by Crippen LogP contribution is -2.74. The van der Waals surface area contributed by atoms with E-state index in [9.17, 15) is 0 Å². The summed E-state index contributed by atoms with van der Waals surface area (Å²) < 4.78 is 0. The maximum Gasteiger partial charge on any atom is 0.181 e. The van der Waals surface area contributed by atoms with Gasteiger partial charge in [-0.1, -0.05) is 127 Å². The van der Waals surface area contributed by atoms with Gasteiger partial charge in [0.15, 0.2) is 8.07 Å². The van der Waals surface area contributed by atoms with Crippen molar-refractivity contribution in [1.29, 1.82) is 0 Å². The van der Waals surface area contributed by atoms with E-state index in [1.54, 1.807) is 0 Å². The molecule has 0 atom stereocenters. The number of rotatable bonds is 5. The van der Waals surface area contributed by atoms with E-state index in [2.05, 4.69) is 134 Å². The molecule has 1 nitrogen and oxygen atoms in total. The number of pyridine rings is 1. The molecule has 0 bridgehead atoms. The summed E-state index contributed by atoms with van der Waals surface area (Å²) in [5.74, 6) is 0. The Morgan fingerprint density at radius 2 is 0.806 bits per heavy atom. The molecule has 5 rings (SSSR count). The van der Waals surface area contributed by atoms with Gasteiger partial charge in [-0.15, -0.1) is 0 Å². The third-order valence-electron chi connectivity index (χ3n) is 5.89. The van der Waals surface area contributed by atoms with Crippen LogP contribution in [0.2, 0.25) is 0 Å². The Morgan fingerprint density at radius 3 is 1.19 bits per heavy atom. The molecule has 5 aromatic rings. The zero-order valence-corrected chi connectivity index (χ0v) is 18.2. The molecule has 0 aliphatic rings. The maximum absolute atomic E-state index is 4.93. The summed E-state index contributed by atoms with van der Waals surface area (Å²) in [5, 5.41) is 5.38. The predicted octanol–water partition coefficient (Wildman–Crippen LogP) is 4.13. The van der Waals surface area contributed by atoms with Crippen LogP contribution < -0.4 is 20.7 Å². The zero-order chi connectivity index (χ0) is 20.9. The van der Waals surface area contributed by atoms with Crippen LogP contribution in [-0.4, -0.2) is 13.1 Å². The number of benzene rings is 4. The first-order valence-corrected chi connectivity index (χ1v) is 12.6. The molecular formula is C29H23NSi. The standard InChI is InChI=1S/C29H23NSi/c1-5-13-24(14-6-1)29-22-21-28(23-30-29)31(25-15-7-2-8-16-25,26-17-9-3-10-18-26)27-19-11-4-12-20-27/h1-23H. The van der Waals surface area contributed by atoms with Crippen LogP contribution in [0, 0.1) is 0 Å². The Bertz CT molecular complexity index is 1140. The second-order valence-corrected chi connectivity index (χ2v) is 11.5. The van der Waals surface area contributed by atoms with Crippen LogP contribution >= 0.6 is 0 Å². The highest BCUT2D eigenvalue weighted by Gasteiger charge is 2.41. The molecule has 0 saturated heterocycles. The normalized spacial score (nSPS) is 11.2. The first-order valence-electron chi connectivity index (χ1n) is 10.6. The molecule has 0 saturated carbocycles. The summed E-state index contributed by atoms with van der Waals surface area (Å²) in [6.45, 7) is 0. The Morgan fingerprint density at radius 1 is 0.387 bits per heavy atom. The van der Waals surface area contributed by atoms with Gasteiger partial charge in [0.25, 0.3) is 0 Å². The third kappa shape index (κ3) is 3.52. The number of aromatic nitrogens is 1. The number of hydrogen-bond acceptors (Lipinski definition) is 1. The van der Waals surface area contributed by atoms with Gasteiger partial charge in [-0.2, -0.15) is 0 Å². The first-order chi connectivity index (χ1) is 15.4. The van der Waals surface area contributed by atoms with E-state index < -0.39 is 8.07 Å². The molecule has 1 aromatic heterocycles. The van der Waals surface area contributed by atoms with Crippen LogP contribution in [0.25, 0.3) is 11.3 Å². The quantitative estimate of drug-likeness (QED) is 0.312. The highest BCUT2D eigenvalue weighted by molar-refractivity contribution is 7.19. The van der Waals surface area contributed by atoms with E-state index in [0.717, 1.165) is 11.3 Å². The minimum atomic E-state index is -2.49. The van der Waals surface area contributed by atoms with E-state index in [4.69, 9.17) is 4.98 Å². The molecule has 31 heavy (non-hydrogen) atoms. The molecule has 0 unspecified atom stereocenters. The molecule has 0 aliphatic carbocycles. The van der Waals surface area contributed by atoms with Crippen LogP contribution in [-0.2, 0) is 0 Å². The van der Waals surface area contributed by atoms with Crippen molar-refractivity contribution in [2.75, 3.05) is 0 Å². The zero-order valence-electron chi connectivity index (χ0n) is 17.2. The van der Waals surface area contributed by atoms with Gasteiger partial charge < -0.3 is 0 Å². The van der Waals surface area contributed by atoms with Crippen molar-refractivity contribution in [3.63, 3.8) is 0 Å². The largest absolute Gasteiger partial charge is 0.256 e. The van der Waals surface area contributed by atoms with E-state index >= 15 is 0 Å². The second-order valence-electron chi connectivity index (χ2n) is 7.65. The molecule has 1 heterocycles. The van der Waals surface area contributed by atoms with Crippen molar-refractivity contribution in [2.45, 2.75) is 0 Å². The third-order valence-corrected chi connectivity index (χ3v) is 10.6. The minimum Gasteiger partial charge on any atom is -0.256 e. The van der Waals surface area contributed by atoms with Crippen molar-refractivity contribution in [3.05, 3.63) is 140 Å². The molecule has 0 radical (unpaired) electrons. The van der Waals surface area contributed by atoms with Gasteiger partial charge in [0.05, 0.1) is 5.69 Å². The van der Waals surface area contributed by atoms with Crippen LogP contribution in [0.15, 0.2) is 140 Å². The van der Waals surface area contributed by atoms with Crippen LogP contribution in [0.4, 0.5) is 0 Å². The van der Waals surface area contributed by atoms with Gasteiger partial charge >= 0.3 is 0 Å². The lowest BCUT2D eigenvalue weighted by atomic mass is 10.1. The molecule has 148 valence electrons. The average Bonchev–Trinajstić information content (AvgIpc) is 2.88. The van der Waals surface area contributed by atoms with Crippen molar-refractivity contribution in [3.8, 4) is 11.3 Å². The molecule has 2 heteroatoms. The summed E-state index contributed by atoms with van der Waals surface area (Å²) in [6, 6.07) is 47.6. The number of hydrogen-bond donors (Lipinski definition) is 0. The van der Waals surface area contributed by atoms with Crippen molar-refractivity contribution >= 4 is 28.8 Å². The summed E-state index contributed by atoms with van der Waals surface area (Å²) in [6.07, 6.45) is 2.10. The molecular weight excluding hydrogens is 390 g/mol. The summed E-state index contributed by atoms with van der Waals surface area (Å²) in [4.78, 5) is 4.93.